The molecule has 2 saturated carbocycles. The first kappa shape index (κ1) is 9.75. The molecule has 0 heterocycles. The molecule has 0 bridgehead atoms. The molecular weight excluding hydrogens is 188 g/mol. The molecule has 0 radical (unpaired) electrons. The zero-order valence-corrected chi connectivity index (χ0v) is 8.80. The highest BCUT2D eigenvalue weighted by Crippen LogP contribution is 2.34. The van der Waals surface area contributed by atoms with E-state index in [9.17, 15) is 0 Å². The van der Waals surface area contributed by atoms with E-state index in [1.807, 2.05) is 0 Å². The van der Waals surface area contributed by atoms with Crippen molar-refractivity contribution in [2.24, 2.45) is 0 Å². The third-order valence-electron chi connectivity index (χ3n) is 3.12. The van der Waals surface area contributed by atoms with Gasteiger partial charge in [0.2, 0.25) is 0 Å². The van der Waals surface area contributed by atoms with Gasteiger partial charge in [-0.15, -0.1) is 11.6 Å². The highest BCUT2D eigenvalue weighted by Gasteiger charge is 2.42. The minimum absolute atomic E-state index is 0.127. The monoisotopic (exact) mass is 204 g/mol. The minimum atomic E-state index is 0.127. The van der Waals surface area contributed by atoms with E-state index in [1.165, 1.54) is 25.7 Å². The van der Waals surface area contributed by atoms with Gasteiger partial charge in [0.15, 0.2) is 0 Å². The van der Waals surface area contributed by atoms with Gasteiger partial charge in [-0.2, -0.15) is 0 Å². The van der Waals surface area contributed by atoms with E-state index in [0.717, 1.165) is 6.42 Å². The van der Waals surface area contributed by atoms with Crippen molar-refractivity contribution in [1.82, 2.24) is 0 Å². The van der Waals surface area contributed by atoms with Crippen molar-refractivity contribution in [3.63, 3.8) is 0 Å². The summed E-state index contributed by atoms with van der Waals surface area (Å²) in [5.41, 5.74) is 0. The Balaban J connectivity index is 1.75. The molecule has 0 aliphatic heterocycles. The number of hydrogen-bond acceptors (Lipinski definition) is 2. The van der Waals surface area contributed by atoms with Crippen molar-refractivity contribution >= 4 is 11.6 Å². The summed E-state index contributed by atoms with van der Waals surface area (Å²) in [7, 11) is 1.71. The second-order valence-corrected chi connectivity index (χ2v) is 4.59. The number of hydrogen-bond donors (Lipinski definition) is 0. The lowest BCUT2D eigenvalue weighted by molar-refractivity contribution is -0.134. The van der Waals surface area contributed by atoms with E-state index in [2.05, 4.69) is 0 Å². The van der Waals surface area contributed by atoms with Gasteiger partial charge in [-0.25, -0.2) is 0 Å². The molecule has 0 aromatic carbocycles. The number of methoxy groups -OCH3 is 1. The van der Waals surface area contributed by atoms with Crippen LogP contribution in [-0.2, 0) is 9.47 Å². The quantitative estimate of drug-likeness (QED) is 0.657. The van der Waals surface area contributed by atoms with Crippen molar-refractivity contribution in [2.45, 2.75) is 55.8 Å². The molecule has 13 heavy (non-hydrogen) atoms. The van der Waals surface area contributed by atoms with Crippen LogP contribution in [0.15, 0.2) is 0 Å². The molecular formula is C10H17ClO2. The lowest BCUT2D eigenvalue weighted by Gasteiger charge is -2.41. The predicted octanol–water partition coefficient (Wildman–Crippen LogP) is 2.34. The van der Waals surface area contributed by atoms with Crippen molar-refractivity contribution in [3.8, 4) is 0 Å². The maximum Gasteiger partial charge on any atom is 0.0997 e. The highest BCUT2D eigenvalue weighted by atomic mass is 35.5. The van der Waals surface area contributed by atoms with Crippen molar-refractivity contribution in [1.29, 1.82) is 0 Å². The second kappa shape index (κ2) is 4.16. The maximum atomic E-state index is 5.99. The highest BCUT2D eigenvalue weighted by molar-refractivity contribution is 6.21. The van der Waals surface area contributed by atoms with Crippen LogP contribution in [0, 0.1) is 0 Å². The van der Waals surface area contributed by atoms with Gasteiger partial charge in [-0.05, 0) is 19.3 Å². The molecule has 0 spiro atoms. The normalized spacial score (nSPS) is 40.6. The van der Waals surface area contributed by atoms with E-state index >= 15 is 0 Å². The molecule has 3 heteroatoms. The summed E-state index contributed by atoms with van der Waals surface area (Å²) in [6, 6.07) is 0. The van der Waals surface area contributed by atoms with Crippen LogP contribution in [0.5, 0.6) is 0 Å². The SMILES string of the molecule is COC1C(Cl)CC1OC1CCCC1. The average Bonchev–Trinajstić information content (AvgIpc) is 2.56. The summed E-state index contributed by atoms with van der Waals surface area (Å²) >= 11 is 5.99. The van der Waals surface area contributed by atoms with Crippen LogP contribution in [0.1, 0.15) is 32.1 Å². The third-order valence-corrected chi connectivity index (χ3v) is 3.55. The molecule has 2 nitrogen and oxygen atoms in total. The molecule has 3 unspecified atom stereocenters. The van der Waals surface area contributed by atoms with Crippen molar-refractivity contribution in [2.75, 3.05) is 7.11 Å². The Kier molecular flexibility index (Phi) is 3.12. The number of rotatable bonds is 3. The summed E-state index contributed by atoms with van der Waals surface area (Å²) < 4.78 is 11.2. The van der Waals surface area contributed by atoms with Gasteiger partial charge in [0.25, 0.3) is 0 Å². The van der Waals surface area contributed by atoms with Crippen molar-refractivity contribution in [3.05, 3.63) is 0 Å². The van der Waals surface area contributed by atoms with Crippen LogP contribution >= 0.6 is 11.6 Å². The Morgan fingerprint density at radius 2 is 1.92 bits per heavy atom. The van der Waals surface area contributed by atoms with Crippen LogP contribution in [0.4, 0.5) is 0 Å². The maximum absolute atomic E-state index is 5.99. The molecule has 0 aromatic heterocycles. The number of ether oxygens (including phenoxy) is 2. The predicted molar refractivity (Wildman–Crippen MR) is 52.2 cm³/mol. The van der Waals surface area contributed by atoms with Crippen LogP contribution in [-0.4, -0.2) is 30.8 Å². The van der Waals surface area contributed by atoms with E-state index in [1.54, 1.807) is 7.11 Å². The summed E-state index contributed by atoms with van der Waals surface area (Å²) in [5, 5.41) is 0.163. The fourth-order valence-corrected chi connectivity index (χ4v) is 2.67. The molecule has 2 fully saturated rings. The fraction of sp³-hybridized carbons (Fsp3) is 1.00. The molecule has 0 N–H and O–H groups in total. The lowest BCUT2D eigenvalue weighted by atomic mass is 9.91. The first-order valence-corrected chi connectivity index (χ1v) is 5.57. The van der Waals surface area contributed by atoms with E-state index in [0.29, 0.717) is 6.10 Å². The van der Waals surface area contributed by atoms with Gasteiger partial charge in [-0.3, -0.25) is 0 Å². The minimum Gasteiger partial charge on any atom is -0.377 e. The van der Waals surface area contributed by atoms with Gasteiger partial charge in [0.1, 0.15) is 0 Å². The second-order valence-electron chi connectivity index (χ2n) is 4.03. The van der Waals surface area contributed by atoms with Gasteiger partial charge in [-0.1, -0.05) is 12.8 Å². The van der Waals surface area contributed by atoms with Gasteiger partial charge in [0.05, 0.1) is 23.7 Å². The zero-order valence-electron chi connectivity index (χ0n) is 8.04. The largest absolute Gasteiger partial charge is 0.377 e. The molecule has 2 aliphatic rings. The molecule has 0 saturated heterocycles. The van der Waals surface area contributed by atoms with Crippen LogP contribution in [0.25, 0.3) is 0 Å². The Morgan fingerprint density at radius 1 is 1.23 bits per heavy atom. The fourth-order valence-electron chi connectivity index (χ4n) is 2.23. The number of alkyl halides is 1. The summed E-state index contributed by atoms with van der Waals surface area (Å²) in [4.78, 5) is 0. The molecule has 2 aliphatic carbocycles. The summed E-state index contributed by atoms with van der Waals surface area (Å²) in [6.07, 6.45) is 6.90. The van der Waals surface area contributed by atoms with Crippen LogP contribution < -0.4 is 0 Å². The van der Waals surface area contributed by atoms with E-state index < -0.39 is 0 Å². The average molecular weight is 205 g/mol. The Morgan fingerprint density at radius 3 is 2.46 bits per heavy atom. The Hall–Kier alpha value is 0.210. The smallest absolute Gasteiger partial charge is 0.0997 e. The van der Waals surface area contributed by atoms with Crippen molar-refractivity contribution < 1.29 is 9.47 Å². The lowest BCUT2D eigenvalue weighted by Crippen LogP contribution is -2.51. The van der Waals surface area contributed by atoms with Crippen LogP contribution in [0.2, 0.25) is 0 Å². The van der Waals surface area contributed by atoms with E-state index in [-0.39, 0.29) is 17.6 Å². The third kappa shape index (κ3) is 2.00. The molecule has 0 aromatic rings. The van der Waals surface area contributed by atoms with Gasteiger partial charge >= 0.3 is 0 Å². The summed E-state index contributed by atoms with van der Waals surface area (Å²) in [5.74, 6) is 0. The topological polar surface area (TPSA) is 18.5 Å². The molecule has 0 amide bonds. The molecule has 76 valence electrons. The molecule has 2 rings (SSSR count). The first-order chi connectivity index (χ1) is 6.31. The zero-order chi connectivity index (χ0) is 9.26. The number of halogens is 1. The standard InChI is InChI=1S/C10H17ClO2/c1-12-10-8(11)6-9(10)13-7-4-2-3-5-7/h7-10H,2-6H2,1H3. The first-order valence-electron chi connectivity index (χ1n) is 5.13. The van der Waals surface area contributed by atoms with Crippen LogP contribution in [0.3, 0.4) is 0 Å². The Bertz CT molecular complexity index is 168. The molecule has 3 atom stereocenters. The van der Waals surface area contributed by atoms with Gasteiger partial charge < -0.3 is 9.47 Å². The van der Waals surface area contributed by atoms with E-state index in [4.69, 9.17) is 21.1 Å². The Labute approximate surface area is 84.5 Å². The summed E-state index contributed by atoms with van der Waals surface area (Å²) in [6.45, 7) is 0. The van der Waals surface area contributed by atoms with Gasteiger partial charge in [0, 0.05) is 7.11 Å².